The molecule has 0 heterocycles. The Morgan fingerprint density at radius 3 is 2.56 bits per heavy atom. The fourth-order valence-corrected chi connectivity index (χ4v) is 3.25. The van der Waals surface area contributed by atoms with E-state index in [2.05, 4.69) is 4.72 Å². The van der Waals surface area contributed by atoms with E-state index in [0.29, 0.717) is 12.0 Å². The van der Waals surface area contributed by atoms with Crippen molar-refractivity contribution in [1.29, 1.82) is 0 Å². The summed E-state index contributed by atoms with van der Waals surface area (Å²) < 4.78 is 40.1. The molecule has 0 saturated heterocycles. The minimum atomic E-state index is -3.77. The highest BCUT2D eigenvalue weighted by atomic mass is 32.2. The SMILES string of the molecule is CCC(C)(CN)NS(=O)(=O)c1cc(F)ccc1C. The van der Waals surface area contributed by atoms with Crippen molar-refractivity contribution in [3.8, 4) is 0 Å². The molecular weight excluding hydrogens is 255 g/mol. The molecule has 1 aromatic carbocycles. The van der Waals surface area contributed by atoms with Crippen LogP contribution in [0.5, 0.6) is 0 Å². The number of hydrogen-bond donors (Lipinski definition) is 2. The predicted octanol–water partition coefficient (Wildman–Crippen LogP) is 1.54. The fourth-order valence-electron chi connectivity index (χ4n) is 1.50. The molecule has 1 unspecified atom stereocenters. The van der Waals surface area contributed by atoms with Crippen LogP contribution in [0.4, 0.5) is 4.39 Å². The van der Waals surface area contributed by atoms with Crippen molar-refractivity contribution in [2.45, 2.75) is 37.6 Å². The molecule has 4 nitrogen and oxygen atoms in total. The quantitative estimate of drug-likeness (QED) is 0.855. The van der Waals surface area contributed by atoms with Gasteiger partial charge in [0.15, 0.2) is 0 Å². The highest BCUT2D eigenvalue weighted by Gasteiger charge is 2.28. The minimum absolute atomic E-state index is 0.0457. The standard InChI is InChI=1S/C12H19FN2O2S/c1-4-12(3,8-14)15-18(16,17)11-7-10(13)6-5-9(11)2/h5-7,15H,4,8,14H2,1-3H3. The number of nitrogens with two attached hydrogens (primary N) is 1. The lowest BCUT2D eigenvalue weighted by Crippen LogP contribution is -2.50. The van der Waals surface area contributed by atoms with Gasteiger partial charge in [0.2, 0.25) is 10.0 Å². The second-order valence-corrected chi connectivity index (χ2v) is 6.28. The summed E-state index contributed by atoms with van der Waals surface area (Å²) in [5, 5.41) is 0. The predicted molar refractivity (Wildman–Crippen MR) is 69.2 cm³/mol. The Morgan fingerprint density at radius 2 is 2.06 bits per heavy atom. The smallest absolute Gasteiger partial charge is 0.241 e. The van der Waals surface area contributed by atoms with Crippen molar-refractivity contribution in [2.24, 2.45) is 5.73 Å². The highest BCUT2D eigenvalue weighted by Crippen LogP contribution is 2.19. The van der Waals surface area contributed by atoms with Gasteiger partial charge in [0.05, 0.1) is 4.90 Å². The highest BCUT2D eigenvalue weighted by molar-refractivity contribution is 7.89. The van der Waals surface area contributed by atoms with Crippen LogP contribution in [-0.2, 0) is 10.0 Å². The van der Waals surface area contributed by atoms with Gasteiger partial charge in [0.25, 0.3) is 0 Å². The zero-order valence-electron chi connectivity index (χ0n) is 10.8. The normalized spacial score (nSPS) is 15.4. The molecule has 0 fully saturated rings. The van der Waals surface area contributed by atoms with Crippen LogP contribution in [-0.4, -0.2) is 20.5 Å². The van der Waals surface area contributed by atoms with E-state index >= 15 is 0 Å². The van der Waals surface area contributed by atoms with Crippen LogP contribution in [0.15, 0.2) is 23.1 Å². The molecular formula is C12H19FN2O2S. The lowest BCUT2D eigenvalue weighted by Gasteiger charge is -2.27. The fraction of sp³-hybridized carbons (Fsp3) is 0.500. The lowest BCUT2D eigenvalue weighted by molar-refractivity contribution is 0.411. The van der Waals surface area contributed by atoms with Crippen LogP contribution in [0.1, 0.15) is 25.8 Å². The Balaban J connectivity index is 3.18. The Morgan fingerprint density at radius 1 is 1.44 bits per heavy atom. The summed E-state index contributed by atoms with van der Waals surface area (Å²) in [6.07, 6.45) is 0.553. The van der Waals surface area contributed by atoms with Gasteiger partial charge in [-0.2, -0.15) is 0 Å². The van der Waals surface area contributed by atoms with E-state index in [0.717, 1.165) is 6.07 Å². The molecule has 3 N–H and O–H groups in total. The molecule has 0 saturated carbocycles. The first-order valence-electron chi connectivity index (χ1n) is 5.74. The molecule has 0 radical (unpaired) electrons. The first-order valence-corrected chi connectivity index (χ1v) is 7.22. The van der Waals surface area contributed by atoms with Gasteiger partial charge < -0.3 is 5.73 Å². The van der Waals surface area contributed by atoms with E-state index in [1.54, 1.807) is 13.8 Å². The molecule has 6 heteroatoms. The van der Waals surface area contributed by atoms with Gasteiger partial charge in [-0.3, -0.25) is 0 Å². The average Bonchev–Trinajstić information content (AvgIpc) is 2.31. The van der Waals surface area contributed by atoms with Crippen LogP contribution in [0, 0.1) is 12.7 Å². The molecule has 102 valence electrons. The maximum Gasteiger partial charge on any atom is 0.241 e. The number of rotatable bonds is 5. The topological polar surface area (TPSA) is 72.2 Å². The van der Waals surface area contributed by atoms with Crippen LogP contribution in [0.25, 0.3) is 0 Å². The summed E-state index contributed by atoms with van der Waals surface area (Å²) in [5.74, 6) is -0.577. The molecule has 0 aromatic heterocycles. The Hall–Kier alpha value is -0.980. The number of sulfonamides is 1. The number of benzene rings is 1. The molecule has 1 rings (SSSR count). The molecule has 0 spiro atoms. The Bertz CT molecular complexity index is 525. The van der Waals surface area contributed by atoms with E-state index in [9.17, 15) is 12.8 Å². The Labute approximate surface area is 107 Å². The van der Waals surface area contributed by atoms with E-state index in [4.69, 9.17) is 5.73 Å². The average molecular weight is 274 g/mol. The molecule has 1 aromatic rings. The van der Waals surface area contributed by atoms with Gasteiger partial charge in [-0.1, -0.05) is 13.0 Å². The van der Waals surface area contributed by atoms with Crippen molar-refractivity contribution in [3.63, 3.8) is 0 Å². The maximum absolute atomic E-state index is 13.2. The second kappa shape index (κ2) is 5.34. The maximum atomic E-state index is 13.2. The van der Waals surface area contributed by atoms with Crippen molar-refractivity contribution < 1.29 is 12.8 Å². The molecule has 1 atom stereocenters. The molecule has 0 aliphatic carbocycles. The molecule has 0 aliphatic heterocycles. The molecule has 18 heavy (non-hydrogen) atoms. The third kappa shape index (κ3) is 3.28. The zero-order chi connectivity index (χ0) is 14.0. The van der Waals surface area contributed by atoms with Gasteiger partial charge in [-0.25, -0.2) is 17.5 Å². The molecule has 0 amide bonds. The largest absolute Gasteiger partial charge is 0.329 e. The second-order valence-electron chi connectivity index (χ2n) is 4.63. The van der Waals surface area contributed by atoms with Crippen LogP contribution >= 0.6 is 0 Å². The van der Waals surface area contributed by atoms with Gasteiger partial charge in [-0.05, 0) is 38.0 Å². The van der Waals surface area contributed by atoms with E-state index < -0.39 is 21.4 Å². The number of halogens is 1. The number of nitrogens with one attached hydrogen (secondary N) is 1. The Kier molecular flexibility index (Phi) is 4.47. The van der Waals surface area contributed by atoms with Crippen LogP contribution < -0.4 is 10.5 Å². The van der Waals surface area contributed by atoms with Gasteiger partial charge >= 0.3 is 0 Å². The van der Waals surface area contributed by atoms with Crippen LogP contribution in [0.3, 0.4) is 0 Å². The lowest BCUT2D eigenvalue weighted by atomic mass is 10.0. The van der Waals surface area contributed by atoms with Crippen molar-refractivity contribution >= 4 is 10.0 Å². The van der Waals surface area contributed by atoms with E-state index in [-0.39, 0.29) is 11.4 Å². The third-order valence-electron chi connectivity index (χ3n) is 3.05. The summed E-state index contributed by atoms with van der Waals surface area (Å²) in [7, 11) is -3.77. The summed E-state index contributed by atoms with van der Waals surface area (Å²) in [6, 6.07) is 3.69. The third-order valence-corrected chi connectivity index (χ3v) is 4.83. The minimum Gasteiger partial charge on any atom is -0.329 e. The van der Waals surface area contributed by atoms with Crippen molar-refractivity contribution in [1.82, 2.24) is 4.72 Å². The molecule has 0 aliphatic rings. The summed E-state index contributed by atoms with van der Waals surface area (Å²) in [4.78, 5) is -0.0457. The summed E-state index contributed by atoms with van der Waals surface area (Å²) in [6.45, 7) is 5.36. The monoisotopic (exact) mass is 274 g/mol. The van der Waals surface area contributed by atoms with Gasteiger partial charge in [0, 0.05) is 12.1 Å². The molecule has 0 bridgehead atoms. The van der Waals surface area contributed by atoms with E-state index in [1.807, 2.05) is 6.92 Å². The van der Waals surface area contributed by atoms with Gasteiger partial charge in [-0.15, -0.1) is 0 Å². The van der Waals surface area contributed by atoms with E-state index in [1.165, 1.54) is 12.1 Å². The summed E-state index contributed by atoms with van der Waals surface area (Å²) >= 11 is 0. The van der Waals surface area contributed by atoms with Crippen molar-refractivity contribution in [3.05, 3.63) is 29.6 Å². The number of aryl methyl sites for hydroxylation is 1. The first kappa shape index (κ1) is 15.1. The van der Waals surface area contributed by atoms with Crippen molar-refractivity contribution in [2.75, 3.05) is 6.54 Å². The van der Waals surface area contributed by atoms with Crippen LogP contribution in [0.2, 0.25) is 0 Å². The first-order chi connectivity index (χ1) is 8.24. The summed E-state index contributed by atoms with van der Waals surface area (Å²) in [5.41, 5.74) is 5.34. The number of hydrogen-bond acceptors (Lipinski definition) is 3. The zero-order valence-corrected chi connectivity index (χ0v) is 11.6. The van der Waals surface area contributed by atoms with Gasteiger partial charge in [0.1, 0.15) is 5.82 Å².